The first kappa shape index (κ1) is 18.8. The Morgan fingerprint density at radius 2 is 1.57 bits per heavy atom. The van der Waals surface area contributed by atoms with E-state index >= 15 is 0 Å². The van der Waals surface area contributed by atoms with Gasteiger partial charge in [-0.25, -0.2) is 4.79 Å². The van der Waals surface area contributed by atoms with Crippen LogP contribution in [0.25, 0.3) is 0 Å². The van der Waals surface area contributed by atoms with Crippen molar-refractivity contribution >= 4 is 35.1 Å². The molecule has 2 heterocycles. The highest BCUT2D eigenvalue weighted by molar-refractivity contribution is 6.32. The van der Waals surface area contributed by atoms with Crippen LogP contribution in [0.2, 0.25) is 10.0 Å². The van der Waals surface area contributed by atoms with Crippen molar-refractivity contribution in [2.24, 2.45) is 5.92 Å². The summed E-state index contributed by atoms with van der Waals surface area (Å²) in [5.41, 5.74) is -0.216. The summed E-state index contributed by atoms with van der Waals surface area (Å²) in [5, 5.41) is 29.5. The van der Waals surface area contributed by atoms with Crippen molar-refractivity contribution in [1.82, 2.24) is 0 Å². The second kappa shape index (κ2) is 6.17. The Labute approximate surface area is 179 Å². The number of rotatable bonds is 1. The summed E-state index contributed by atoms with van der Waals surface area (Å²) in [6.45, 7) is 0. The second-order valence-electron chi connectivity index (χ2n) is 7.18. The van der Waals surface area contributed by atoms with Gasteiger partial charge in [0.2, 0.25) is 0 Å². The number of aliphatic carboxylic acids is 1. The van der Waals surface area contributed by atoms with Gasteiger partial charge in [-0.05, 0) is 24.1 Å². The minimum absolute atomic E-state index is 0.0164. The molecule has 2 aromatic carbocycles. The van der Waals surface area contributed by atoms with E-state index in [0.29, 0.717) is 16.7 Å². The van der Waals surface area contributed by atoms with Crippen LogP contribution in [0.5, 0.6) is 23.0 Å². The fraction of sp³-hybridized carbons (Fsp3) is 0.143. The highest BCUT2D eigenvalue weighted by atomic mass is 35.5. The van der Waals surface area contributed by atoms with Gasteiger partial charge in [0.15, 0.2) is 5.60 Å². The zero-order valence-electron chi connectivity index (χ0n) is 15.0. The van der Waals surface area contributed by atoms with Crippen molar-refractivity contribution in [2.45, 2.75) is 12.0 Å². The molecule has 152 valence electrons. The molecule has 30 heavy (non-hydrogen) atoms. The van der Waals surface area contributed by atoms with Gasteiger partial charge >= 0.3 is 11.9 Å². The van der Waals surface area contributed by atoms with Crippen molar-refractivity contribution in [3.8, 4) is 23.0 Å². The van der Waals surface area contributed by atoms with Crippen LogP contribution >= 0.6 is 23.2 Å². The Morgan fingerprint density at radius 3 is 2.10 bits per heavy atom. The minimum Gasteiger partial charge on any atom is -0.506 e. The lowest BCUT2D eigenvalue weighted by molar-refractivity contribution is -0.148. The Hall–Kier alpha value is -3.16. The molecule has 2 aliphatic heterocycles. The Bertz CT molecular complexity index is 1170. The molecule has 1 atom stereocenters. The van der Waals surface area contributed by atoms with Gasteiger partial charge in [-0.15, -0.1) is 0 Å². The average molecular weight is 447 g/mol. The minimum atomic E-state index is -1.50. The number of benzene rings is 2. The van der Waals surface area contributed by atoms with E-state index in [1.54, 1.807) is 6.08 Å². The summed E-state index contributed by atoms with van der Waals surface area (Å²) in [7, 11) is 0. The van der Waals surface area contributed by atoms with E-state index in [1.165, 1.54) is 30.3 Å². The van der Waals surface area contributed by atoms with Crippen LogP contribution in [0.15, 0.2) is 47.6 Å². The fourth-order valence-electron chi connectivity index (χ4n) is 4.21. The number of hydrogen-bond donors (Lipinski definition) is 3. The maximum atomic E-state index is 12.9. The van der Waals surface area contributed by atoms with E-state index in [0.717, 1.165) is 0 Å². The van der Waals surface area contributed by atoms with Crippen molar-refractivity contribution in [3.05, 3.63) is 68.7 Å². The third kappa shape index (κ3) is 2.39. The van der Waals surface area contributed by atoms with Gasteiger partial charge in [-0.1, -0.05) is 35.4 Å². The molecule has 1 aliphatic carbocycles. The third-order valence-corrected chi connectivity index (χ3v) is 6.16. The van der Waals surface area contributed by atoms with Crippen LogP contribution in [0.4, 0.5) is 0 Å². The van der Waals surface area contributed by atoms with Crippen molar-refractivity contribution < 1.29 is 34.4 Å². The van der Waals surface area contributed by atoms with Gasteiger partial charge in [0.25, 0.3) is 0 Å². The molecule has 3 aliphatic rings. The smallest absolute Gasteiger partial charge is 0.331 e. The molecule has 1 unspecified atom stereocenters. The van der Waals surface area contributed by atoms with Gasteiger partial charge in [0.1, 0.15) is 23.0 Å². The molecule has 7 nitrogen and oxygen atoms in total. The summed E-state index contributed by atoms with van der Waals surface area (Å²) < 4.78 is 11.8. The molecular weight excluding hydrogens is 435 g/mol. The quantitative estimate of drug-likeness (QED) is 0.560. The number of carbonyl (C=O) groups is 2. The molecule has 0 radical (unpaired) electrons. The number of hydrogen-bond acceptors (Lipinski definition) is 6. The summed E-state index contributed by atoms with van der Waals surface area (Å²) in [4.78, 5) is 24.3. The number of carboxylic acid groups (broad SMARTS) is 1. The lowest BCUT2D eigenvalue weighted by atomic mass is 9.72. The number of fused-ring (bicyclic) bond motifs is 6. The lowest BCUT2D eigenvalue weighted by Crippen LogP contribution is -2.33. The number of halogens is 2. The SMILES string of the molecule is O=C(O)C1=CC=C2C(C1)C(=O)OC21c2cc(Cl)c(O)cc2Oc2cc(O)c(Cl)cc21. The van der Waals surface area contributed by atoms with Gasteiger partial charge in [0, 0.05) is 28.8 Å². The van der Waals surface area contributed by atoms with Crippen LogP contribution < -0.4 is 4.74 Å². The maximum absolute atomic E-state index is 12.9. The number of phenols is 2. The molecule has 1 fully saturated rings. The molecule has 2 aromatic rings. The van der Waals surface area contributed by atoms with E-state index in [2.05, 4.69) is 0 Å². The average Bonchev–Trinajstić information content (AvgIpc) is 2.98. The molecule has 0 saturated carbocycles. The number of carbonyl (C=O) groups excluding carboxylic acids is 1. The van der Waals surface area contributed by atoms with E-state index in [1.807, 2.05) is 0 Å². The van der Waals surface area contributed by atoms with Crippen LogP contribution in [0, 0.1) is 5.92 Å². The third-order valence-electron chi connectivity index (χ3n) is 5.56. The molecule has 1 saturated heterocycles. The van der Waals surface area contributed by atoms with Crippen molar-refractivity contribution in [1.29, 1.82) is 0 Å². The summed E-state index contributed by atoms with van der Waals surface area (Å²) in [5.74, 6) is -2.69. The van der Waals surface area contributed by atoms with Crippen molar-refractivity contribution in [3.63, 3.8) is 0 Å². The Morgan fingerprint density at radius 1 is 1.00 bits per heavy atom. The highest BCUT2D eigenvalue weighted by Gasteiger charge is 2.58. The molecule has 0 aromatic heterocycles. The van der Waals surface area contributed by atoms with Crippen molar-refractivity contribution in [2.75, 3.05) is 0 Å². The van der Waals surface area contributed by atoms with Gasteiger partial charge in [0.05, 0.1) is 16.0 Å². The topological polar surface area (TPSA) is 113 Å². The fourth-order valence-corrected chi connectivity index (χ4v) is 4.53. The standard InChI is InChI=1S/C21H12Cl2O7/c22-13-4-11-17(6-15(13)24)29-18-7-16(25)14(23)5-12(18)21(11)10-2-1-8(19(26)27)3-9(10)20(28)30-21/h1-2,4-7,9,24-25H,3H2,(H,26,27). The van der Waals surface area contributed by atoms with Crippen LogP contribution in [0.1, 0.15) is 17.5 Å². The van der Waals surface area contributed by atoms with Gasteiger partial charge in [-0.3, -0.25) is 4.79 Å². The van der Waals surface area contributed by atoms with Gasteiger partial charge in [-0.2, -0.15) is 0 Å². The first-order valence-corrected chi connectivity index (χ1v) is 9.59. The Balaban J connectivity index is 1.86. The summed E-state index contributed by atoms with van der Waals surface area (Å²) >= 11 is 12.3. The lowest BCUT2D eigenvalue weighted by Gasteiger charge is -2.37. The number of esters is 1. The van der Waals surface area contributed by atoms with E-state index < -0.39 is 23.5 Å². The van der Waals surface area contributed by atoms with Crippen LogP contribution in [-0.2, 0) is 19.9 Å². The molecule has 5 rings (SSSR count). The molecule has 0 bridgehead atoms. The van der Waals surface area contributed by atoms with Crippen LogP contribution in [-0.4, -0.2) is 27.3 Å². The number of ether oxygens (including phenoxy) is 2. The maximum Gasteiger partial charge on any atom is 0.331 e. The molecular formula is C21H12Cl2O7. The monoisotopic (exact) mass is 446 g/mol. The zero-order chi connectivity index (χ0) is 21.4. The summed E-state index contributed by atoms with van der Waals surface area (Å²) in [6.07, 6.45) is 2.94. The Kier molecular flexibility index (Phi) is 3.87. The zero-order valence-corrected chi connectivity index (χ0v) is 16.5. The van der Waals surface area contributed by atoms with Gasteiger partial charge < -0.3 is 24.8 Å². The predicted molar refractivity (Wildman–Crippen MR) is 105 cm³/mol. The number of phenolic OH excluding ortho intramolecular Hbond substituents is 2. The molecule has 1 spiro atoms. The number of aromatic hydroxyl groups is 2. The number of allylic oxidation sites excluding steroid dienone is 2. The largest absolute Gasteiger partial charge is 0.506 e. The highest BCUT2D eigenvalue weighted by Crippen LogP contribution is 2.61. The van der Waals surface area contributed by atoms with Crippen LogP contribution in [0.3, 0.4) is 0 Å². The normalized spacial score (nSPS) is 20.3. The number of carboxylic acids is 1. The summed E-state index contributed by atoms with van der Waals surface area (Å²) in [6, 6.07) is 5.44. The first-order valence-electron chi connectivity index (χ1n) is 8.83. The first-order chi connectivity index (χ1) is 14.2. The molecule has 0 amide bonds. The molecule has 3 N–H and O–H groups in total. The predicted octanol–water partition coefficient (Wildman–Crippen LogP) is 4.27. The molecule has 9 heteroatoms. The van der Waals surface area contributed by atoms with E-state index in [4.69, 9.17) is 32.7 Å². The van der Waals surface area contributed by atoms with E-state index in [-0.39, 0.29) is 45.0 Å². The second-order valence-corrected chi connectivity index (χ2v) is 7.99. The van der Waals surface area contributed by atoms with E-state index in [9.17, 15) is 24.9 Å².